The van der Waals surface area contributed by atoms with Crippen molar-refractivity contribution in [3.8, 4) is 0 Å². The molecule has 1 aliphatic carbocycles. The predicted molar refractivity (Wildman–Crippen MR) is 50.8 cm³/mol. The molecule has 0 aromatic carbocycles. The highest BCUT2D eigenvalue weighted by atomic mass is 15.6. The molecule has 2 aliphatic rings. The maximum atomic E-state index is 2.46. The number of rotatable bonds is 1. The van der Waals surface area contributed by atoms with Crippen molar-refractivity contribution < 1.29 is 0 Å². The van der Waals surface area contributed by atoms with Crippen molar-refractivity contribution in [1.29, 1.82) is 0 Å². The van der Waals surface area contributed by atoms with Crippen molar-refractivity contribution in [1.82, 2.24) is 10.0 Å². The Balaban J connectivity index is 1.84. The Kier molecular flexibility index (Phi) is 2.13. The van der Waals surface area contributed by atoms with E-state index in [1.54, 1.807) is 0 Å². The van der Waals surface area contributed by atoms with E-state index in [4.69, 9.17) is 0 Å². The predicted octanol–water partition coefficient (Wildman–Crippen LogP) is 1.73. The van der Waals surface area contributed by atoms with Crippen LogP contribution in [0.4, 0.5) is 0 Å². The molecule has 1 saturated carbocycles. The van der Waals surface area contributed by atoms with Crippen LogP contribution >= 0.6 is 0 Å². The summed E-state index contributed by atoms with van der Waals surface area (Å²) in [4.78, 5) is 0. The van der Waals surface area contributed by atoms with Crippen LogP contribution < -0.4 is 0 Å². The third-order valence-electron chi connectivity index (χ3n) is 3.78. The van der Waals surface area contributed by atoms with E-state index in [-0.39, 0.29) is 0 Å². The number of nitrogens with zero attached hydrogens (tertiary/aromatic N) is 2. The lowest BCUT2D eigenvalue weighted by molar-refractivity contribution is -0.0563. The smallest absolute Gasteiger partial charge is 0.0138 e. The minimum absolute atomic E-state index is 0.798. The molecular formula is C10H20N2. The first kappa shape index (κ1) is 8.52. The van der Waals surface area contributed by atoms with E-state index >= 15 is 0 Å². The van der Waals surface area contributed by atoms with Gasteiger partial charge in [0, 0.05) is 27.2 Å². The summed E-state index contributed by atoms with van der Waals surface area (Å²) in [6, 6.07) is 0. The van der Waals surface area contributed by atoms with Gasteiger partial charge in [-0.05, 0) is 31.1 Å². The Labute approximate surface area is 75.5 Å². The van der Waals surface area contributed by atoms with Crippen LogP contribution in [0, 0.1) is 5.41 Å². The number of piperidine rings is 1. The van der Waals surface area contributed by atoms with Gasteiger partial charge < -0.3 is 0 Å². The SMILES string of the molecule is CN(C)N1CCC2(CCC2)CC1. The second-order valence-electron chi connectivity index (χ2n) is 4.65. The third-order valence-corrected chi connectivity index (χ3v) is 3.78. The molecule has 2 fully saturated rings. The molecule has 1 heterocycles. The average Bonchev–Trinajstić information content (AvgIpc) is 2.02. The van der Waals surface area contributed by atoms with E-state index in [1.807, 2.05) is 0 Å². The first-order valence-electron chi connectivity index (χ1n) is 5.14. The second-order valence-corrected chi connectivity index (χ2v) is 4.65. The van der Waals surface area contributed by atoms with Gasteiger partial charge in [-0.2, -0.15) is 0 Å². The van der Waals surface area contributed by atoms with Gasteiger partial charge >= 0.3 is 0 Å². The lowest BCUT2D eigenvalue weighted by Gasteiger charge is -2.49. The highest BCUT2D eigenvalue weighted by Gasteiger charge is 2.39. The first-order chi connectivity index (χ1) is 5.72. The molecule has 2 rings (SSSR count). The van der Waals surface area contributed by atoms with Gasteiger partial charge in [0.2, 0.25) is 0 Å². The topological polar surface area (TPSA) is 6.48 Å². The van der Waals surface area contributed by atoms with Crippen LogP contribution in [-0.4, -0.2) is 37.2 Å². The molecule has 0 aromatic heterocycles. The molecule has 1 saturated heterocycles. The lowest BCUT2D eigenvalue weighted by atomic mass is 9.63. The largest absolute Gasteiger partial charge is 0.248 e. The molecule has 2 heteroatoms. The second kappa shape index (κ2) is 3.00. The molecule has 0 unspecified atom stereocenters. The van der Waals surface area contributed by atoms with Gasteiger partial charge in [-0.1, -0.05) is 6.42 Å². The van der Waals surface area contributed by atoms with Crippen LogP contribution in [0.3, 0.4) is 0 Å². The molecule has 70 valence electrons. The van der Waals surface area contributed by atoms with E-state index in [0.717, 1.165) is 5.41 Å². The maximum Gasteiger partial charge on any atom is 0.0138 e. The summed E-state index contributed by atoms with van der Waals surface area (Å²) >= 11 is 0. The van der Waals surface area contributed by atoms with Gasteiger partial charge in [-0.25, -0.2) is 10.0 Å². The molecule has 0 atom stereocenters. The van der Waals surface area contributed by atoms with Crippen LogP contribution in [0.2, 0.25) is 0 Å². The molecule has 0 aromatic rings. The van der Waals surface area contributed by atoms with Gasteiger partial charge in [0.15, 0.2) is 0 Å². The molecule has 12 heavy (non-hydrogen) atoms. The zero-order valence-corrected chi connectivity index (χ0v) is 8.34. The summed E-state index contributed by atoms with van der Waals surface area (Å²) in [6.07, 6.45) is 7.38. The highest BCUT2D eigenvalue weighted by Crippen LogP contribution is 2.48. The van der Waals surface area contributed by atoms with Crippen LogP contribution in [0.25, 0.3) is 0 Å². The Hall–Kier alpha value is -0.0800. The molecule has 1 aliphatic heterocycles. The third kappa shape index (κ3) is 1.38. The highest BCUT2D eigenvalue weighted by molar-refractivity contribution is 4.91. The fourth-order valence-electron chi connectivity index (χ4n) is 2.55. The molecule has 1 spiro atoms. The Morgan fingerprint density at radius 3 is 1.92 bits per heavy atom. The molecule has 0 radical (unpaired) electrons. The van der Waals surface area contributed by atoms with E-state index in [1.165, 1.54) is 45.2 Å². The molecule has 0 amide bonds. The van der Waals surface area contributed by atoms with Gasteiger partial charge in [0.1, 0.15) is 0 Å². The van der Waals surface area contributed by atoms with Crippen molar-refractivity contribution >= 4 is 0 Å². The zero-order chi connectivity index (χ0) is 8.60. The Morgan fingerprint density at radius 2 is 1.58 bits per heavy atom. The molecule has 0 bridgehead atoms. The number of hydrogen-bond acceptors (Lipinski definition) is 2. The van der Waals surface area contributed by atoms with Crippen LogP contribution in [0.15, 0.2) is 0 Å². The fraction of sp³-hybridized carbons (Fsp3) is 1.00. The molecular weight excluding hydrogens is 148 g/mol. The zero-order valence-electron chi connectivity index (χ0n) is 8.34. The lowest BCUT2D eigenvalue weighted by Crippen LogP contribution is -2.48. The van der Waals surface area contributed by atoms with Gasteiger partial charge in [-0.15, -0.1) is 0 Å². The minimum Gasteiger partial charge on any atom is -0.248 e. The van der Waals surface area contributed by atoms with Crippen molar-refractivity contribution in [3.63, 3.8) is 0 Å². The van der Waals surface area contributed by atoms with Crippen molar-refractivity contribution in [2.75, 3.05) is 27.2 Å². The van der Waals surface area contributed by atoms with Crippen LogP contribution in [0.5, 0.6) is 0 Å². The van der Waals surface area contributed by atoms with E-state index in [2.05, 4.69) is 24.1 Å². The summed E-state index contributed by atoms with van der Waals surface area (Å²) in [7, 11) is 4.30. The van der Waals surface area contributed by atoms with Crippen LogP contribution in [0.1, 0.15) is 32.1 Å². The summed E-state index contributed by atoms with van der Waals surface area (Å²) < 4.78 is 0. The minimum atomic E-state index is 0.798. The molecule has 0 N–H and O–H groups in total. The Morgan fingerprint density at radius 1 is 1.00 bits per heavy atom. The first-order valence-corrected chi connectivity index (χ1v) is 5.14. The summed E-state index contributed by atoms with van der Waals surface area (Å²) in [5.41, 5.74) is 0.798. The van der Waals surface area contributed by atoms with Gasteiger partial charge in [-0.3, -0.25) is 0 Å². The van der Waals surface area contributed by atoms with Crippen LogP contribution in [-0.2, 0) is 0 Å². The van der Waals surface area contributed by atoms with Gasteiger partial charge in [0.25, 0.3) is 0 Å². The monoisotopic (exact) mass is 168 g/mol. The number of hydrogen-bond donors (Lipinski definition) is 0. The van der Waals surface area contributed by atoms with Crippen molar-refractivity contribution in [3.05, 3.63) is 0 Å². The molecule has 2 nitrogen and oxygen atoms in total. The average molecular weight is 168 g/mol. The number of hydrazine groups is 1. The van der Waals surface area contributed by atoms with Crippen molar-refractivity contribution in [2.45, 2.75) is 32.1 Å². The maximum absolute atomic E-state index is 2.46. The van der Waals surface area contributed by atoms with E-state index < -0.39 is 0 Å². The Bertz CT molecular complexity index is 151. The van der Waals surface area contributed by atoms with Crippen molar-refractivity contribution in [2.24, 2.45) is 5.41 Å². The summed E-state index contributed by atoms with van der Waals surface area (Å²) in [5, 5.41) is 4.70. The standard InChI is InChI=1S/C10H20N2/c1-11(2)12-8-6-10(7-9-12)4-3-5-10/h3-9H2,1-2H3. The normalized spacial score (nSPS) is 29.2. The van der Waals surface area contributed by atoms with E-state index in [9.17, 15) is 0 Å². The fourth-order valence-corrected chi connectivity index (χ4v) is 2.55. The van der Waals surface area contributed by atoms with Gasteiger partial charge in [0.05, 0.1) is 0 Å². The quantitative estimate of drug-likeness (QED) is 0.588. The van der Waals surface area contributed by atoms with E-state index in [0.29, 0.717) is 0 Å². The summed E-state index contributed by atoms with van der Waals surface area (Å²) in [6.45, 7) is 2.57. The summed E-state index contributed by atoms with van der Waals surface area (Å²) in [5.74, 6) is 0.